The highest BCUT2D eigenvalue weighted by Crippen LogP contribution is 2.27. The third kappa shape index (κ3) is 5.95. The van der Waals surface area contributed by atoms with Crippen LogP contribution in [0.3, 0.4) is 0 Å². The van der Waals surface area contributed by atoms with E-state index in [0.717, 1.165) is 19.3 Å². The zero-order valence-electron chi connectivity index (χ0n) is 17.7. The zero-order valence-corrected chi connectivity index (χ0v) is 17.7. The van der Waals surface area contributed by atoms with Crippen LogP contribution in [0.1, 0.15) is 35.8 Å². The van der Waals surface area contributed by atoms with E-state index in [1.807, 2.05) is 25.1 Å². The molecule has 1 saturated heterocycles. The molecule has 166 valence electrons. The molecule has 1 aliphatic rings. The molecule has 8 nitrogen and oxygen atoms in total. The SMILES string of the molecule is COc1ccnc(C(=O)N[C@H]2COCC[C@@H](CCc3ccccc3)[C@H](C)OC2=O)c1O. The monoisotopic (exact) mass is 428 g/mol. The number of pyridine rings is 1. The highest BCUT2D eigenvalue weighted by atomic mass is 16.6. The Kier molecular flexibility index (Phi) is 7.83. The highest BCUT2D eigenvalue weighted by Gasteiger charge is 2.31. The molecule has 2 aromatic rings. The summed E-state index contributed by atoms with van der Waals surface area (Å²) in [5.74, 6) is -1.43. The fourth-order valence-corrected chi connectivity index (χ4v) is 3.57. The topological polar surface area (TPSA) is 107 Å². The normalized spacial score (nSPS) is 21.9. The molecular weight excluding hydrogens is 400 g/mol. The van der Waals surface area contributed by atoms with Crippen LogP contribution in [0.25, 0.3) is 0 Å². The third-order valence-electron chi connectivity index (χ3n) is 5.44. The fraction of sp³-hybridized carbons (Fsp3) is 0.435. The molecule has 1 aliphatic heterocycles. The Labute approximate surface area is 181 Å². The number of aromatic hydroxyl groups is 1. The lowest BCUT2D eigenvalue weighted by molar-refractivity contribution is -0.153. The second-order valence-corrected chi connectivity index (χ2v) is 7.53. The van der Waals surface area contributed by atoms with Gasteiger partial charge >= 0.3 is 5.97 Å². The standard InChI is InChI=1S/C23H28N2O6/c1-15-17(9-8-16-6-4-3-5-7-16)11-13-30-14-18(23(28)31-15)25-22(27)20-21(26)19(29-2)10-12-24-20/h3-7,10,12,15,17-18,26H,8-9,11,13-14H2,1-2H3,(H,25,27)/t15-,17+,18-/m0/s1. The summed E-state index contributed by atoms with van der Waals surface area (Å²) >= 11 is 0. The molecule has 1 aromatic carbocycles. The quantitative estimate of drug-likeness (QED) is 0.681. The number of nitrogens with one attached hydrogen (secondary N) is 1. The molecule has 1 amide bonds. The Balaban J connectivity index is 1.63. The van der Waals surface area contributed by atoms with Crippen molar-refractivity contribution in [3.05, 3.63) is 53.9 Å². The highest BCUT2D eigenvalue weighted by molar-refractivity contribution is 5.98. The summed E-state index contributed by atoms with van der Waals surface area (Å²) in [5.41, 5.74) is 0.998. The van der Waals surface area contributed by atoms with Gasteiger partial charge in [0, 0.05) is 18.9 Å². The van der Waals surface area contributed by atoms with Gasteiger partial charge in [-0.15, -0.1) is 0 Å². The van der Waals surface area contributed by atoms with Crippen molar-refractivity contribution < 1.29 is 28.9 Å². The number of ether oxygens (including phenoxy) is 3. The number of methoxy groups -OCH3 is 1. The molecule has 2 N–H and O–H groups in total. The number of aryl methyl sites for hydroxylation is 1. The number of benzene rings is 1. The Bertz CT molecular complexity index is 889. The van der Waals surface area contributed by atoms with Gasteiger partial charge in [-0.1, -0.05) is 30.3 Å². The lowest BCUT2D eigenvalue weighted by Gasteiger charge is -2.24. The van der Waals surface area contributed by atoms with Gasteiger partial charge in [0.25, 0.3) is 5.91 Å². The van der Waals surface area contributed by atoms with Crippen LogP contribution in [-0.2, 0) is 20.7 Å². The zero-order chi connectivity index (χ0) is 22.2. The number of aromatic nitrogens is 1. The van der Waals surface area contributed by atoms with E-state index in [2.05, 4.69) is 22.4 Å². The maximum Gasteiger partial charge on any atom is 0.331 e. The van der Waals surface area contributed by atoms with Gasteiger partial charge in [-0.3, -0.25) is 4.79 Å². The first-order chi connectivity index (χ1) is 15.0. The summed E-state index contributed by atoms with van der Waals surface area (Å²) in [5, 5.41) is 12.7. The molecule has 1 aromatic heterocycles. The molecule has 0 radical (unpaired) electrons. The van der Waals surface area contributed by atoms with Crippen molar-refractivity contribution in [2.75, 3.05) is 20.3 Å². The van der Waals surface area contributed by atoms with Crippen LogP contribution >= 0.6 is 0 Å². The van der Waals surface area contributed by atoms with E-state index in [4.69, 9.17) is 14.2 Å². The number of nitrogens with zero attached hydrogens (tertiary/aromatic N) is 1. The van der Waals surface area contributed by atoms with E-state index in [0.29, 0.717) is 6.61 Å². The van der Waals surface area contributed by atoms with Crippen molar-refractivity contribution in [3.63, 3.8) is 0 Å². The summed E-state index contributed by atoms with van der Waals surface area (Å²) in [4.78, 5) is 29.2. The molecule has 3 atom stereocenters. The predicted octanol–water partition coefficient (Wildman–Crippen LogP) is 2.50. The largest absolute Gasteiger partial charge is 0.503 e. The van der Waals surface area contributed by atoms with Crippen LogP contribution in [0.2, 0.25) is 0 Å². The van der Waals surface area contributed by atoms with E-state index in [1.54, 1.807) is 0 Å². The predicted molar refractivity (Wildman–Crippen MR) is 113 cm³/mol. The van der Waals surface area contributed by atoms with E-state index in [-0.39, 0.29) is 30.1 Å². The van der Waals surface area contributed by atoms with Crippen molar-refractivity contribution in [1.82, 2.24) is 10.3 Å². The summed E-state index contributed by atoms with van der Waals surface area (Å²) in [6, 6.07) is 10.6. The Morgan fingerprint density at radius 3 is 2.81 bits per heavy atom. The molecule has 2 heterocycles. The van der Waals surface area contributed by atoms with Crippen molar-refractivity contribution in [2.24, 2.45) is 5.92 Å². The molecule has 0 aliphatic carbocycles. The maximum atomic E-state index is 12.7. The smallest absolute Gasteiger partial charge is 0.331 e. The van der Waals surface area contributed by atoms with Gasteiger partial charge in [-0.05, 0) is 37.7 Å². The van der Waals surface area contributed by atoms with Crippen molar-refractivity contribution in [3.8, 4) is 11.5 Å². The number of esters is 1. The first kappa shape index (κ1) is 22.6. The average molecular weight is 428 g/mol. The molecule has 0 unspecified atom stereocenters. The first-order valence-electron chi connectivity index (χ1n) is 10.3. The Morgan fingerprint density at radius 2 is 2.06 bits per heavy atom. The molecule has 0 saturated carbocycles. The molecule has 0 spiro atoms. The van der Waals surface area contributed by atoms with E-state index < -0.39 is 23.7 Å². The van der Waals surface area contributed by atoms with Crippen LogP contribution in [-0.4, -0.2) is 54.4 Å². The number of carbonyl (C=O) groups excluding carboxylic acids is 2. The minimum Gasteiger partial charge on any atom is -0.503 e. The van der Waals surface area contributed by atoms with Crippen molar-refractivity contribution in [2.45, 2.75) is 38.3 Å². The summed E-state index contributed by atoms with van der Waals surface area (Å²) in [6.07, 6.45) is 3.51. The maximum absolute atomic E-state index is 12.7. The molecule has 8 heteroatoms. The number of rotatable bonds is 6. The van der Waals surface area contributed by atoms with Gasteiger partial charge in [-0.25, -0.2) is 9.78 Å². The summed E-state index contributed by atoms with van der Waals surface area (Å²) in [7, 11) is 1.37. The Morgan fingerprint density at radius 1 is 1.29 bits per heavy atom. The summed E-state index contributed by atoms with van der Waals surface area (Å²) < 4.78 is 16.3. The first-order valence-corrected chi connectivity index (χ1v) is 10.3. The molecule has 0 bridgehead atoms. The van der Waals surface area contributed by atoms with Gasteiger partial charge < -0.3 is 24.6 Å². The molecular formula is C23H28N2O6. The van der Waals surface area contributed by atoms with Gasteiger partial charge in [0.15, 0.2) is 23.2 Å². The van der Waals surface area contributed by atoms with Crippen LogP contribution in [0.15, 0.2) is 42.6 Å². The van der Waals surface area contributed by atoms with Crippen LogP contribution in [0.5, 0.6) is 11.5 Å². The molecule has 31 heavy (non-hydrogen) atoms. The second-order valence-electron chi connectivity index (χ2n) is 7.53. The van der Waals surface area contributed by atoms with E-state index in [1.165, 1.54) is 24.9 Å². The van der Waals surface area contributed by atoms with E-state index in [9.17, 15) is 14.7 Å². The number of hydrogen-bond donors (Lipinski definition) is 2. The number of carbonyl (C=O) groups is 2. The van der Waals surface area contributed by atoms with Crippen LogP contribution < -0.4 is 10.1 Å². The second kappa shape index (κ2) is 10.8. The Hall–Kier alpha value is -3.13. The van der Waals surface area contributed by atoms with Crippen molar-refractivity contribution in [1.29, 1.82) is 0 Å². The molecule has 1 fully saturated rings. The van der Waals surface area contributed by atoms with Crippen LogP contribution in [0, 0.1) is 5.92 Å². The number of amides is 1. The molecule has 3 rings (SSSR count). The van der Waals surface area contributed by atoms with Crippen LogP contribution in [0.4, 0.5) is 0 Å². The van der Waals surface area contributed by atoms with E-state index >= 15 is 0 Å². The fourth-order valence-electron chi connectivity index (χ4n) is 3.57. The van der Waals surface area contributed by atoms with Gasteiger partial charge in [-0.2, -0.15) is 0 Å². The third-order valence-corrected chi connectivity index (χ3v) is 5.44. The van der Waals surface area contributed by atoms with Gasteiger partial charge in [0.05, 0.1) is 13.7 Å². The summed E-state index contributed by atoms with van der Waals surface area (Å²) in [6.45, 7) is 2.30. The average Bonchev–Trinajstić information content (AvgIpc) is 2.83. The lowest BCUT2D eigenvalue weighted by atomic mass is 9.92. The lowest BCUT2D eigenvalue weighted by Crippen LogP contribution is -2.46. The number of cyclic esters (lactones) is 1. The minimum absolute atomic E-state index is 0.0204. The minimum atomic E-state index is -1.00. The van der Waals surface area contributed by atoms with Gasteiger partial charge in [0.1, 0.15) is 6.10 Å². The van der Waals surface area contributed by atoms with Crippen molar-refractivity contribution >= 4 is 11.9 Å². The van der Waals surface area contributed by atoms with Gasteiger partial charge in [0.2, 0.25) is 0 Å². The number of hydrogen-bond acceptors (Lipinski definition) is 7.